The lowest BCUT2D eigenvalue weighted by Crippen LogP contribution is -2.13. The zero-order chi connectivity index (χ0) is 13.1. The van der Waals surface area contributed by atoms with Crippen LogP contribution >= 0.6 is 15.9 Å². The van der Waals surface area contributed by atoms with E-state index in [0.717, 1.165) is 5.56 Å². The molecule has 0 aliphatic rings. The number of halogens is 2. The predicted molar refractivity (Wildman–Crippen MR) is 71.0 cm³/mol. The van der Waals surface area contributed by atoms with E-state index in [1.807, 2.05) is 0 Å². The molecule has 0 fully saturated rings. The Morgan fingerprint density at radius 2 is 2.11 bits per heavy atom. The summed E-state index contributed by atoms with van der Waals surface area (Å²) in [6, 6.07) is 7.86. The average Bonchev–Trinajstić information content (AvgIpc) is 2.32. The molecule has 0 aliphatic heterocycles. The summed E-state index contributed by atoms with van der Waals surface area (Å²) in [5.74, 6) is -1.02. The Bertz CT molecular complexity index is 584. The molecule has 1 aromatic carbocycles. The maximum atomic E-state index is 13.6. The van der Waals surface area contributed by atoms with Crippen molar-refractivity contribution in [3.8, 4) is 0 Å². The van der Waals surface area contributed by atoms with Gasteiger partial charge in [0.05, 0.1) is 17.4 Å². The third-order valence-corrected chi connectivity index (χ3v) is 2.82. The molecule has 92 valence electrons. The fourth-order valence-electron chi connectivity index (χ4n) is 1.45. The number of benzene rings is 1. The summed E-state index contributed by atoms with van der Waals surface area (Å²) in [4.78, 5) is 15.8. The van der Waals surface area contributed by atoms with Crippen molar-refractivity contribution in [2.45, 2.75) is 6.92 Å². The highest BCUT2D eigenvalue weighted by atomic mass is 79.9. The number of hydrogen-bond donors (Lipinski definition) is 1. The van der Waals surface area contributed by atoms with Crippen LogP contribution in [0.1, 0.15) is 15.9 Å². The molecule has 0 saturated heterocycles. The Balaban J connectivity index is 2.19. The van der Waals surface area contributed by atoms with Crippen LogP contribution in [0.25, 0.3) is 0 Å². The van der Waals surface area contributed by atoms with Crippen LogP contribution in [0.4, 0.5) is 10.1 Å². The van der Waals surface area contributed by atoms with Crippen LogP contribution in [0.15, 0.2) is 41.1 Å². The molecule has 3 nitrogen and oxygen atoms in total. The summed E-state index contributed by atoms with van der Waals surface area (Å²) >= 11 is 3.19. The van der Waals surface area contributed by atoms with Gasteiger partial charge in [0, 0.05) is 0 Å². The topological polar surface area (TPSA) is 42.0 Å². The summed E-state index contributed by atoms with van der Waals surface area (Å²) in [5.41, 5.74) is 1.31. The van der Waals surface area contributed by atoms with E-state index >= 15 is 0 Å². The van der Waals surface area contributed by atoms with E-state index in [0.29, 0.717) is 10.3 Å². The van der Waals surface area contributed by atoms with Gasteiger partial charge in [-0.15, -0.1) is 0 Å². The Morgan fingerprint density at radius 3 is 2.72 bits per heavy atom. The second kappa shape index (κ2) is 5.27. The number of nitrogens with zero attached hydrogens (tertiary/aromatic N) is 1. The third kappa shape index (κ3) is 2.92. The lowest BCUT2D eigenvalue weighted by atomic mass is 10.1. The van der Waals surface area contributed by atoms with Crippen molar-refractivity contribution in [1.29, 1.82) is 0 Å². The number of pyridine rings is 1. The zero-order valence-corrected chi connectivity index (χ0v) is 11.2. The van der Waals surface area contributed by atoms with Gasteiger partial charge in [-0.2, -0.15) is 0 Å². The van der Waals surface area contributed by atoms with Crippen molar-refractivity contribution >= 4 is 27.5 Å². The smallest absolute Gasteiger partial charge is 0.258 e. The van der Waals surface area contributed by atoms with Gasteiger partial charge < -0.3 is 5.32 Å². The first-order valence-corrected chi connectivity index (χ1v) is 6.04. The van der Waals surface area contributed by atoms with Gasteiger partial charge >= 0.3 is 0 Å². The Morgan fingerprint density at radius 1 is 1.33 bits per heavy atom. The number of aromatic nitrogens is 1. The van der Waals surface area contributed by atoms with Crippen molar-refractivity contribution in [2.75, 3.05) is 5.32 Å². The van der Waals surface area contributed by atoms with E-state index in [1.54, 1.807) is 25.1 Å². The highest BCUT2D eigenvalue weighted by Gasteiger charge is 2.11. The van der Waals surface area contributed by atoms with Crippen LogP contribution in [0.5, 0.6) is 0 Å². The molecule has 0 atom stereocenters. The van der Waals surface area contributed by atoms with Crippen LogP contribution in [0.2, 0.25) is 0 Å². The fraction of sp³-hybridized carbons (Fsp3) is 0.0769. The van der Waals surface area contributed by atoms with Gasteiger partial charge in [-0.3, -0.25) is 4.79 Å². The first kappa shape index (κ1) is 12.7. The zero-order valence-electron chi connectivity index (χ0n) is 9.58. The van der Waals surface area contributed by atoms with Gasteiger partial charge in [-0.1, -0.05) is 6.07 Å². The van der Waals surface area contributed by atoms with Crippen molar-refractivity contribution < 1.29 is 9.18 Å². The molecule has 0 unspecified atom stereocenters. The molecule has 0 radical (unpaired) electrons. The summed E-state index contributed by atoms with van der Waals surface area (Å²) in [6.07, 6.45) is 1.49. The van der Waals surface area contributed by atoms with Crippen LogP contribution in [-0.2, 0) is 0 Å². The van der Waals surface area contributed by atoms with Gasteiger partial charge in [0.2, 0.25) is 0 Å². The van der Waals surface area contributed by atoms with Gasteiger partial charge in [-0.25, -0.2) is 9.37 Å². The number of anilines is 1. The highest BCUT2D eigenvalue weighted by molar-refractivity contribution is 9.10. The number of amides is 1. The number of rotatable bonds is 2. The maximum Gasteiger partial charge on any atom is 0.258 e. The lowest BCUT2D eigenvalue weighted by Gasteiger charge is -2.06. The van der Waals surface area contributed by atoms with Crippen molar-refractivity contribution in [3.63, 3.8) is 0 Å². The van der Waals surface area contributed by atoms with E-state index < -0.39 is 11.7 Å². The highest BCUT2D eigenvalue weighted by Crippen LogP contribution is 2.14. The average molecular weight is 309 g/mol. The summed E-state index contributed by atoms with van der Waals surface area (Å²) in [6.45, 7) is 1.77. The summed E-state index contributed by atoms with van der Waals surface area (Å²) in [7, 11) is 0. The second-order valence-corrected chi connectivity index (χ2v) is 4.62. The van der Waals surface area contributed by atoms with Crippen LogP contribution < -0.4 is 5.32 Å². The molecule has 1 N–H and O–H groups in total. The summed E-state index contributed by atoms with van der Waals surface area (Å²) in [5, 5.41) is 2.58. The number of nitrogens with one attached hydrogen (secondary N) is 1. The Kier molecular flexibility index (Phi) is 3.72. The molecule has 0 spiro atoms. The SMILES string of the molecule is Cc1ccc(C(=O)Nc2ccc(Br)nc2)c(F)c1. The molecule has 2 aromatic rings. The van der Waals surface area contributed by atoms with E-state index in [-0.39, 0.29) is 5.56 Å². The van der Waals surface area contributed by atoms with Crippen molar-refractivity contribution in [3.05, 3.63) is 58.1 Å². The van der Waals surface area contributed by atoms with Gasteiger partial charge in [0.15, 0.2) is 0 Å². The molecule has 5 heteroatoms. The lowest BCUT2D eigenvalue weighted by molar-refractivity contribution is 0.102. The Labute approximate surface area is 112 Å². The van der Waals surface area contributed by atoms with Crippen LogP contribution in [0, 0.1) is 12.7 Å². The first-order chi connectivity index (χ1) is 8.56. The van der Waals surface area contributed by atoms with Gasteiger partial charge in [0.25, 0.3) is 5.91 Å². The van der Waals surface area contributed by atoms with Crippen molar-refractivity contribution in [2.24, 2.45) is 0 Å². The Hall–Kier alpha value is -1.75. The van der Waals surface area contributed by atoms with Crippen LogP contribution in [-0.4, -0.2) is 10.9 Å². The minimum absolute atomic E-state index is 0.0171. The molecule has 0 aliphatic carbocycles. The minimum atomic E-state index is -0.530. The number of hydrogen-bond acceptors (Lipinski definition) is 2. The van der Waals surface area contributed by atoms with Gasteiger partial charge in [0.1, 0.15) is 10.4 Å². The fourth-order valence-corrected chi connectivity index (χ4v) is 1.69. The molecular formula is C13H10BrFN2O. The molecule has 1 amide bonds. The number of carbonyl (C=O) groups is 1. The molecule has 2 rings (SSSR count). The molecule has 1 aromatic heterocycles. The number of carbonyl (C=O) groups excluding carboxylic acids is 1. The molecule has 0 saturated carbocycles. The third-order valence-electron chi connectivity index (χ3n) is 2.35. The number of aryl methyl sites for hydroxylation is 1. The minimum Gasteiger partial charge on any atom is -0.320 e. The molecule has 18 heavy (non-hydrogen) atoms. The molecule has 0 bridgehead atoms. The largest absolute Gasteiger partial charge is 0.320 e. The normalized spacial score (nSPS) is 10.2. The predicted octanol–water partition coefficient (Wildman–Crippen LogP) is 3.54. The first-order valence-electron chi connectivity index (χ1n) is 5.25. The monoisotopic (exact) mass is 308 g/mol. The molecular weight excluding hydrogens is 299 g/mol. The second-order valence-electron chi connectivity index (χ2n) is 3.81. The quantitative estimate of drug-likeness (QED) is 0.862. The van der Waals surface area contributed by atoms with E-state index in [1.165, 1.54) is 18.3 Å². The van der Waals surface area contributed by atoms with Crippen molar-refractivity contribution in [1.82, 2.24) is 4.98 Å². The molecule has 1 heterocycles. The van der Waals surface area contributed by atoms with E-state index in [2.05, 4.69) is 26.2 Å². The maximum absolute atomic E-state index is 13.6. The van der Waals surface area contributed by atoms with E-state index in [9.17, 15) is 9.18 Å². The standard InChI is InChI=1S/C13H10BrFN2O/c1-8-2-4-10(11(15)6-8)13(18)17-9-3-5-12(14)16-7-9/h2-7H,1H3,(H,17,18). The summed E-state index contributed by atoms with van der Waals surface area (Å²) < 4.78 is 14.3. The van der Waals surface area contributed by atoms with Gasteiger partial charge in [-0.05, 0) is 52.7 Å². The van der Waals surface area contributed by atoms with Crippen LogP contribution in [0.3, 0.4) is 0 Å². The van der Waals surface area contributed by atoms with E-state index in [4.69, 9.17) is 0 Å².